The fourth-order valence-corrected chi connectivity index (χ4v) is 3.08. The number of amides is 1. The van der Waals surface area contributed by atoms with Crippen LogP contribution in [-0.2, 0) is 14.6 Å². The number of benzene rings is 1. The molecule has 0 radical (unpaired) electrons. The fraction of sp³-hybridized carbons (Fsp3) is 0.250. The Labute approximate surface area is 149 Å². The normalized spacial score (nSPS) is 11.5. The summed E-state index contributed by atoms with van der Waals surface area (Å²) < 4.78 is 34.7. The summed E-state index contributed by atoms with van der Waals surface area (Å²) in [4.78, 5) is 11.9. The van der Waals surface area contributed by atoms with Gasteiger partial charge in [-0.3, -0.25) is 4.79 Å². The van der Waals surface area contributed by atoms with Crippen LogP contribution in [0.1, 0.15) is 16.9 Å². The first-order valence-electron chi connectivity index (χ1n) is 7.61. The molecular formula is C16H16N4O5S. The average Bonchev–Trinajstić information content (AvgIpc) is 3.19. The topological polar surface area (TPSA) is 128 Å². The number of nitrogens with zero attached hydrogens (tertiary/aromatic N) is 3. The minimum Gasteiger partial charge on any atom is -0.408 e. The number of anilines is 1. The van der Waals surface area contributed by atoms with Crippen molar-refractivity contribution in [2.45, 2.75) is 26.0 Å². The molecule has 0 fully saturated rings. The number of nitrogens with one attached hydrogen (secondary N) is 1. The predicted octanol–water partition coefficient (Wildman–Crippen LogP) is 2.06. The van der Waals surface area contributed by atoms with Gasteiger partial charge in [-0.2, -0.15) is 0 Å². The molecule has 10 heteroatoms. The van der Waals surface area contributed by atoms with Gasteiger partial charge in [0.05, 0.1) is 0 Å². The van der Waals surface area contributed by atoms with Crippen LogP contribution in [0.15, 0.2) is 38.4 Å². The summed E-state index contributed by atoms with van der Waals surface area (Å²) in [6.45, 7) is 5.52. The summed E-state index contributed by atoms with van der Waals surface area (Å²) in [6.07, 6.45) is 0. The highest BCUT2D eigenvalue weighted by Gasteiger charge is 2.27. The van der Waals surface area contributed by atoms with Gasteiger partial charge in [-0.1, -0.05) is 16.3 Å². The van der Waals surface area contributed by atoms with Crippen molar-refractivity contribution in [3.63, 3.8) is 0 Å². The summed E-state index contributed by atoms with van der Waals surface area (Å²) >= 11 is 0. The second-order valence-corrected chi connectivity index (χ2v) is 7.67. The van der Waals surface area contributed by atoms with Gasteiger partial charge >= 0.3 is 5.22 Å². The maximum atomic E-state index is 12.3. The highest BCUT2D eigenvalue weighted by molar-refractivity contribution is 7.91. The van der Waals surface area contributed by atoms with E-state index in [0.29, 0.717) is 11.3 Å². The number of carbonyl (C=O) groups is 1. The zero-order valence-electron chi connectivity index (χ0n) is 14.3. The predicted molar refractivity (Wildman–Crippen MR) is 91.1 cm³/mol. The third-order valence-electron chi connectivity index (χ3n) is 3.64. The Morgan fingerprint density at radius 3 is 2.54 bits per heavy atom. The Morgan fingerprint density at radius 1 is 1.12 bits per heavy atom. The van der Waals surface area contributed by atoms with Crippen molar-refractivity contribution >= 4 is 21.6 Å². The lowest BCUT2D eigenvalue weighted by molar-refractivity contribution is -0.113. The van der Waals surface area contributed by atoms with Crippen LogP contribution in [0.3, 0.4) is 0 Å². The minimum absolute atomic E-state index is 0.0687. The molecule has 0 aliphatic heterocycles. The lowest BCUT2D eigenvalue weighted by Crippen LogP contribution is -2.23. The van der Waals surface area contributed by atoms with Crippen LogP contribution in [-0.4, -0.2) is 35.4 Å². The average molecular weight is 376 g/mol. The molecule has 136 valence electrons. The lowest BCUT2D eigenvalue weighted by Gasteiger charge is -2.01. The molecule has 0 atom stereocenters. The third-order valence-corrected chi connectivity index (χ3v) is 4.98. The minimum atomic E-state index is -4.09. The second-order valence-electron chi connectivity index (χ2n) is 5.80. The van der Waals surface area contributed by atoms with Crippen LogP contribution < -0.4 is 5.32 Å². The van der Waals surface area contributed by atoms with Crippen LogP contribution in [0.2, 0.25) is 0 Å². The van der Waals surface area contributed by atoms with E-state index >= 15 is 0 Å². The quantitative estimate of drug-likeness (QED) is 0.716. The fourth-order valence-electron chi connectivity index (χ4n) is 2.17. The van der Waals surface area contributed by atoms with Gasteiger partial charge in [0.25, 0.3) is 0 Å². The van der Waals surface area contributed by atoms with E-state index in [-0.39, 0.29) is 11.7 Å². The van der Waals surface area contributed by atoms with Gasteiger partial charge in [-0.05, 0) is 44.0 Å². The summed E-state index contributed by atoms with van der Waals surface area (Å²) in [5, 5.41) is 12.6. The number of sulfone groups is 1. The number of hydrogen-bond donors (Lipinski definition) is 1. The molecule has 2 aromatic heterocycles. The van der Waals surface area contributed by atoms with Gasteiger partial charge in [-0.15, -0.1) is 5.10 Å². The number of aromatic nitrogens is 3. The number of hydrogen-bond acceptors (Lipinski definition) is 8. The molecule has 26 heavy (non-hydrogen) atoms. The summed E-state index contributed by atoms with van der Waals surface area (Å²) in [6, 6.07) is 6.91. The van der Waals surface area contributed by atoms with Gasteiger partial charge in [0, 0.05) is 11.6 Å². The van der Waals surface area contributed by atoms with Crippen LogP contribution >= 0.6 is 0 Å². The van der Waals surface area contributed by atoms with Crippen molar-refractivity contribution in [3.8, 4) is 11.5 Å². The van der Waals surface area contributed by atoms with Gasteiger partial charge in [-0.25, -0.2) is 8.42 Å². The monoisotopic (exact) mass is 376 g/mol. The molecule has 0 saturated carbocycles. The first-order chi connectivity index (χ1) is 12.2. The van der Waals surface area contributed by atoms with E-state index in [0.717, 1.165) is 11.1 Å². The van der Waals surface area contributed by atoms with Crippen molar-refractivity contribution in [2.24, 2.45) is 0 Å². The van der Waals surface area contributed by atoms with E-state index in [1.807, 2.05) is 26.0 Å². The molecule has 1 N–H and O–H groups in total. The summed E-state index contributed by atoms with van der Waals surface area (Å²) in [5.41, 5.74) is 2.69. The lowest BCUT2D eigenvalue weighted by atomic mass is 10.1. The molecule has 1 aromatic carbocycles. The van der Waals surface area contributed by atoms with Crippen molar-refractivity contribution < 1.29 is 22.2 Å². The van der Waals surface area contributed by atoms with Crippen molar-refractivity contribution in [1.82, 2.24) is 15.4 Å². The number of rotatable bonds is 5. The van der Waals surface area contributed by atoms with Crippen molar-refractivity contribution in [1.29, 1.82) is 0 Å². The molecule has 2 heterocycles. The summed E-state index contributed by atoms with van der Waals surface area (Å²) in [5.74, 6) is -0.960. The zero-order valence-corrected chi connectivity index (χ0v) is 15.1. The molecule has 0 aliphatic carbocycles. The maximum Gasteiger partial charge on any atom is 0.336 e. The van der Waals surface area contributed by atoms with E-state index in [9.17, 15) is 13.2 Å². The SMILES string of the molecule is Cc1cc(NC(=O)CS(=O)(=O)c2nnc(-c3ccc(C)c(C)c3)o2)no1. The molecule has 0 unspecified atom stereocenters. The van der Waals surface area contributed by atoms with E-state index in [4.69, 9.17) is 8.94 Å². The van der Waals surface area contributed by atoms with E-state index in [1.54, 1.807) is 13.0 Å². The first kappa shape index (κ1) is 17.8. The van der Waals surface area contributed by atoms with Gasteiger partial charge < -0.3 is 14.3 Å². The molecule has 1 amide bonds. The molecule has 0 saturated heterocycles. The van der Waals surface area contributed by atoms with Gasteiger partial charge in [0.15, 0.2) is 5.82 Å². The van der Waals surface area contributed by atoms with Crippen LogP contribution in [0.5, 0.6) is 0 Å². The van der Waals surface area contributed by atoms with Crippen molar-refractivity contribution in [3.05, 3.63) is 41.2 Å². The molecule has 3 rings (SSSR count). The number of carbonyl (C=O) groups excluding carboxylic acids is 1. The van der Waals surface area contributed by atoms with E-state index < -0.39 is 26.7 Å². The Bertz CT molecular complexity index is 1070. The number of aryl methyl sites for hydroxylation is 3. The Kier molecular flexibility index (Phi) is 4.60. The largest absolute Gasteiger partial charge is 0.408 e. The highest BCUT2D eigenvalue weighted by Crippen LogP contribution is 2.22. The Morgan fingerprint density at radius 2 is 1.88 bits per heavy atom. The molecule has 0 bridgehead atoms. The maximum absolute atomic E-state index is 12.3. The Hall–Kier alpha value is -3.01. The van der Waals surface area contributed by atoms with Gasteiger partial charge in [0.2, 0.25) is 21.6 Å². The van der Waals surface area contributed by atoms with Crippen molar-refractivity contribution in [2.75, 3.05) is 11.1 Å². The molecule has 0 spiro atoms. The molecule has 9 nitrogen and oxygen atoms in total. The second kappa shape index (κ2) is 6.71. The Balaban J connectivity index is 1.76. The van der Waals surface area contributed by atoms with Crippen LogP contribution in [0.25, 0.3) is 11.5 Å². The zero-order chi connectivity index (χ0) is 18.9. The standard InChI is InChI=1S/C16H16N4O5S/c1-9-4-5-12(6-10(9)2)15-18-19-16(24-15)26(22,23)8-14(21)17-13-7-11(3)25-20-13/h4-7H,8H2,1-3H3,(H,17,20,21). The first-order valence-corrected chi connectivity index (χ1v) is 9.27. The van der Waals surface area contributed by atoms with Crippen LogP contribution in [0, 0.1) is 20.8 Å². The molecule has 0 aliphatic rings. The molecule has 3 aromatic rings. The smallest absolute Gasteiger partial charge is 0.336 e. The van der Waals surface area contributed by atoms with Crippen LogP contribution in [0.4, 0.5) is 5.82 Å². The van der Waals surface area contributed by atoms with E-state index in [2.05, 4.69) is 20.7 Å². The molecular weight excluding hydrogens is 360 g/mol. The third kappa shape index (κ3) is 3.80. The highest BCUT2D eigenvalue weighted by atomic mass is 32.2. The summed E-state index contributed by atoms with van der Waals surface area (Å²) in [7, 11) is -4.09. The van der Waals surface area contributed by atoms with E-state index in [1.165, 1.54) is 6.07 Å². The van der Waals surface area contributed by atoms with Gasteiger partial charge in [0.1, 0.15) is 11.5 Å².